The Morgan fingerprint density at radius 1 is 1.28 bits per heavy atom. The number of rotatable bonds is 2. The molecule has 1 aromatic carbocycles. The fraction of sp³-hybridized carbons (Fsp3) is 0.500. The number of alkyl halides is 3. The maximum Gasteiger partial charge on any atom is 0.416 e. The minimum absolute atomic E-state index is 0.0437. The van der Waals surface area contributed by atoms with Crippen molar-refractivity contribution in [3.63, 3.8) is 0 Å². The highest BCUT2D eigenvalue weighted by Crippen LogP contribution is 2.36. The van der Waals surface area contributed by atoms with Gasteiger partial charge in [-0.15, -0.1) is 0 Å². The van der Waals surface area contributed by atoms with Gasteiger partial charge in [-0.2, -0.15) is 13.2 Å². The third-order valence-electron chi connectivity index (χ3n) is 3.45. The molecular formula is C14H16F3O. The van der Waals surface area contributed by atoms with E-state index in [9.17, 15) is 18.3 Å². The smallest absolute Gasteiger partial charge is 0.388 e. The first-order valence-electron chi connectivity index (χ1n) is 6.15. The SMILES string of the molecule is OC(c1cccc(C(F)(F)F)c1)C1C[CH]CCC1. The lowest BCUT2D eigenvalue weighted by molar-refractivity contribution is -0.137. The van der Waals surface area contributed by atoms with Crippen LogP contribution in [0.25, 0.3) is 0 Å². The second kappa shape index (κ2) is 5.31. The van der Waals surface area contributed by atoms with Crippen molar-refractivity contribution in [2.75, 3.05) is 0 Å². The lowest BCUT2D eigenvalue weighted by Crippen LogP contribution is -2.17. The molecule has 1 N–H and O–H groups in total. The molecular weight excluding hydrogens is 241 g/mol. The monoisotopic (exact) mass is 257 g/mol. The Kier molecular flexibility index (Phi) is 3.95. The Balaban J connectivity index is 2.17. The van der Waals surface area contributed by atoms with Crippen molar-refractivity contribution >= 4 is 0 Å². The largest absolute Gasteiger partial charge is 0.416 e. The van der Waals surface area contributed by atoms with Crippen LogP contribution in [-0.2, 0) is 6.18 Å². The predicted molar refractivity (Wildman–Crippen MR) is 62.7 cm³/mol. The minimum atomic E-state index is -4.35. The van der Waals surface area contributed by atoms with Crippen molar-refractivity contribution in [1.82, 2.24) is 0 Å². The molecule has 1 aromatic rings. The third kappa shape index (κ3) is 3.05. The molecule has 0 heterocycles. The van der Waals surface area contributed by atoms with Crippen LogP contribution in [-0.4, -0.2) is 5.11 Å². The van der Waals surface area contributed by atoms with Crippen molar-refractivity contribution in [3.05, 3.63) is 41.8 Å². The summed E-state index contributed by atoms with van der Waals surface area (Å²) in [5, 5.41) is 10.1. The summed E-state index contributed by atoms with van der Waals surface area (Å²) in [7, 11) is 0. The van der Waals surface area contributed by atoms with Crippen LogP contribution in [0.5, 0.6) is 0 Å². The van der Waals surface area contributed by atoms with Crippen molar-refractivity contribution in [2.45, 2.75) is 38.0 Å². The second-order valence-electron chi connectivity index (χ2n) is 4.78. The van der Waals surface area contributed by atoms with E-state index < -0.39 is 17.8 Å². The quantitative estimate of drug-likeness (QED) is 0.844. The van der Waals surface area contributed by atoms with Gasteiger partial charge in [0.1, 0.15) is 0 Å². The summed E-state index contributed by atoms with van der Waals surface area (Å²) in [5.74, 6) is 0.0437. The van der Waals surface area contributed by atoms with E-state index in [1.165, 1.54) is 6.07 Å². The zero-order chi connectivity index (χ0) is 13.2. The van der Waals surface area contributed by atoms with Crippen LogP contribution in [0.1, 0.15) is 42.9 Å². The van der Waals surface area contributed by atoms with Gasteiger partial charge >= 0.3 is 6.18 Å². The van der Waals surface area contributed by atoms with Crippen LogP contribution in [0.3, 0.4) is 0 Å². The lowest BCUT2D eigenvalue weighted by atomic mass is 9.82. The first-order valence-corrected chi connectivity index (χ1v) is 6.15. The first-order chi connectivity index (χ1) is 8.48. The van der Waals surface area contributed by atoms with E-state index in [1.807, 2.05) is 0 Å². The standard InChI is InChI=1S/C14H16F3O/c15-14(16,17)12-8-4-7-11(9-12)13(18)10-5-2-1-3-6-10/h2,4,7-10,13,18H,1,3,5-6H2. The predicted octanol–water partition coefficient (Wildman–Crippen LogP) is 4.13. The van der Waals surface area contributed by atoms with E-state index in [-0.39, 0.29) is 5.92 Å². The molecule has 0 saturated heterocycles. The Bertz CT molecular complexity index is 394. The van der Waals surface area contributed by atoms with Gasteiger partial charge < -0.3 is 5.11 Å². The van der Waals surface area contributed by atoms with E-state index in [2.05, 4.69) is 6.42 Å². The van der Waals surface area contributed by atoms with E-state index in [4.69, 9.17) is 0 Å². The van der Waals surface area contributed by atoms with E-state index in [0.29, 0.717) is 5.56 Å². The van der Waals surface area contributed by atoms with Crippen molar-refractivity contribution < 1.29 is 18.3 Å². The van der Waals surface area contributed by atoms with Crippen molar-refractivity contribution in [2.24, 2.45) is 5.92 Å². The zero-order valence-electron chi connectivity index (χ0n) is 9.95. The van der Waals surface area contributed by atoms with Gasteiger partial charge in [0.05, 0.1) is 11.7 Å². The maximum absolute atomic E-state index is 12.6. The molecule has 1 radical (unpaired) electrons. The van der Waals surface area contributed by atoms with Gasteiger partial charge in [-0.1, -0.05) is 25.0 Å². The molecule has 1 nitrogen and oxygen atoms in total. The fourth-order valence-electron chi connectivity index (χ4n) is 2.43. The summed E-state index contributed by atoms with van der Waals surface area (Å²) in [4.78, 5) is 0. The molecule has 4 heteroatoms. The Morgan fingerprint density at radius 3 is 2.67 bits per heavy atom. The second-order valence-corrected chi connectivity index (χ2v) is 4.78. The molecule has 18 heavy (non-hydrogen) atoms. The average molecular weight is 257 g/mol. The van der Waals surface area contributed by atoms with Crippen molar-refractivity contribution in [3.8, 4) is 0 Å². The number of hydrogen-bond donors (Lipinski definition) is 1. The highest BCUT2D eigenvalue weighted by molar-refractivity contribution is 5.27. The molecule has 1 saturated carbocycles. The third-order valence-corrected chi connectivity index (χ3v) is 3.45. The van der Waals surface area contributed by atoms with Gasteiger partial charge in [0.2, 0.25) is 0 Å². The molecule has 2 atom stereocenters. The Labute approximate surface area is 105 Å². The highest BCUT2D eigenvalue weighted by atomic mass is 19.4. The fourth-order valence-corrected chi connectivity index (χ4v) is 2.43. The van der Waals surface area contributed by atoms with Gasteiger partial charge in [-0.3, -0.25) is 0 Å². The van der Waals surface area contributed by atoms with Crippen LogP contribution in [0.2, 0.25) is 0 Å². The summed E-state index contributed by atoms with van der Waals surface area (Å²) in [5.41, 5.74) is -0.330. The number of halogens is 3. The molecule has 1 aliphatic rings. The van der Waals surface area contributed by atoms with Gasteiger partial charge in [-0.25, -0.2) is 0 Å². The van der Waals surface area contributed by atoms with Crippen LogP contribution in [0.15, 0.2) is 24.3 Å². The molecule has 0 amide bonds. The van der Waals surface area contributed by atoms with Gasteiger partial charge in [-0.05, 0) is 42.9 Å². The summed E-state index contributed by atoms with van der Waals surface area (Å²) in [6, 6.07) is 5.00. The molecule has 0 bridgehead atoms. The molecule has 99 valence electrons. The van der Waals surface area contributed by atoms with Gasteiger partial charge in [0.15, 0.2) is 0 Å². The number of hydrogen-bond acceptors (Lipinski definition) is 1. The van der Waals surface area contributed by atoms with E-state index in [0.717, 1.165) is 37.8 Å². The Hall–Kier alpha value is -1.03. The molecule has 2 rings (SSSR count). The van der Waals surface area contributed by atoms with Gasteiger partial charge in [0, 0.05) is 0 Å². The highest BCUT2D eigenvalue weighted by Gasteiger charge is 2.31. The molecule has 1 aliphatic carbocycles. The molecule has 0 aliphatic heterocycles. The van der Waals surface area contributed by atoms with Crippen LogP contribution in [0, 0.1) is 12.3 Å². The topological polar surface area (TPSA) is 20.2 Å². The lowest BCUT2D eigenvalue weighted by Gasteiger charge is -2.27. The number of benzene rings is 1. The normalized spacial score (nSPS) is 19.8. The van der Waals surface area contributed by atoms with Crippen LogP contribution < -0.4 is 0 Å². The molecule has 1 fully saturated rings. The van der Waals surface area contributed by atoms with Crippen LogP contribution in [0.4, 0.5) is 13.2 Å². The summed E-state index contributed by atoms with van der Waals surface area (Å²) < 4.78 is 37.8. The summed E-state index contributed by atoms with van der Waals surface area (Å²) in [6.07, 6.45) is 0.626. The average Bonchev–Trinajstić information content (AvgIpc) is 2.38. The zero-order valence-corrected chi connectivity index (χ0v) is 9.95. The Morgan fingerprint density at radius 2 is 2.06 bits per heavy atom. The first kappa shape index (κ1) is 13.4. The van der Waals surface area contributed by atoms with E-state index in [1.54, 1.807) is 6.07 Å². The number of aliphatic hydroxyl groups is 1. The summed E-state index contributed by atoms with van der Waals surface area (Å²) in [6.45, 7) is 0. The minimum Gasteiger partial charge on any atom is -0.388 e. The molecule has 0 aromatic heterocycles. The maximum atomic E-state index is 12.6. The molecule has 2 unspecified atom stereocenters. The molecule has 0 spiro atoms. The van der Waals surface area contributed by atoms with Crippen LogP contribution >= 0.6 is 0 Å². The number of aliphatic hydroxyl groups excluding tert-OH is 1. The van der Waals surface area contributed by atoms with E-state index >= 15 is 0 Å². The van der Waals surface area contributed by atoms with Crippen molar-refractivity contribution in [1.29, 1.82) is 0 Å². The van der Waals surface area contributed by atoms with Gasteiger partial charge in [0.25, 0.3) is 0 Å². The summed E-state index contributed by atoms with van der Waals surface area (Å²) >= 11 is 0.